The zero-order chi connectivity index (χ0) is 14.4. The van der Waals surface area contributed by atoms with Crippen LogP contribution < -0.4 is 16.4 Å². The van der Waals surface area contributed by atoms with Crippen molar-refractivity contribution in [2.75, 3.05) is 5.32 Å². The van der Waals surface area contributed by atoms with E-state index in [0.29, 0.717) is 0 Å². The van der Waals surface area contributed by atoms with Gasteiger partial charge in [-0.1, -0.05) is 29.3 Å². The van der Waals surface area contributed by atoms with Gasteiger partial charge in [-0.2, -0.15) is 10.5 Å². The molecule has 0 saturated heterocycles. The summed E-state index contributed by atoms with van der Waals surface area (Å²) in [7, 11) is 0. The fourth-order valence-corrected chi connectivity index (χ4v) is 1.58. The number of hydrogen-bond acceptors (Lipinski definition) is 4. The number of nitriles is 2. The summed E-state index contributed by atoms with van der Waals surface area (Å²) in [5, 5.41) is 22.2. The molecule has 8 heteroatoms. The third-order valence-electron chi connectivity index (χ3n) is 1.94. The molecule has 0 aromatic heterocycles. The van der Waals surface area contributed by atoms with Crippen LogP contribution in [0.3, 0.4) is 0 Å². The van der Waals surface area contributed by atoms with Gasteiger partial charge >= 0.3 is 6.03 Å². The van der Waals surface area contributed by atoms with Crippen molar-refractivity contribution < 1.29 is 4.79 Å². The van der Waals surface area contributed by atoms with E-state index in [4.69, 9.17) is 39.5 Å². The summed E-state index contributed by atoms with van der Waals surface area (Å²) in [4.78, 5) is 11.6. The van der Waals surface area contributed by atoms with E-state index in [0.717, 1.165) is 0 Å². The zero-order valence-corrected chi connectivity index (χ0v) is 10.9. The highest BCUT2D eigenvalue weighted by Gasteiger charge is 2.12. The molecule has 0 radical (unpaired) electrons. The molecule has 19 heavy (non-hydrogen) atoms. The lowest BCUT2D eigenvalue weighted by Gasteiger charge is -2.09. The number of nitrogens with zero attached hydrogens (tertiary/aromatic N) is 2. The Balaban J connectivity index is 2.89. The van der Waals surface area contributed by atoms with Crippen molar-refractivity contribution in [3.8, 4) is 12.1 Å². The fourth-order valence-electron chi connectivity index (χ4n) is 1.09. The third-order valence-corrected chi connectivity index (χ3v) is 2.57. The van der Waals surface area contributed by atoms with Gasteiger partial charge in [-0.15, -0.1) is 0 Å². The SMILES string of the molecule is N#C/C(N)=C(\C#N)NC(=O)Nc1c(Cl)cccc1Cl. The highest BCUT2D eigenvalue weighted by atomic mass is 35.5. The molecule has 2 amide bonds. The lowest BCUT2D eigenvalue weighted by molar-refractivity contribution is 0.254. The fraction of sp³-hybridized carbons (Fsp3) is 0. The number of halogens is 2. The van der Waals surface area contributed by atoms with E-state index in [-0.39, 0.29) is 21.4 Å². The summed E-state index contributed by atoms with van der Waals surface area (Å²) >= 11 is 11.7. The second-order valence-corrected chi connectivity index (χ2v) is 4.00. The van der Waals surface area contributed by atoms with Crippen molar-refractivity contribution in [2.45, 2.75) is 0 Å². The normalized spacial score (nSPS) is 10.7. The number of nitrogens with one attached hydrogen (secondary N) is 2. The lowest BCUT2D eigenvalue weighted by Crippen LogP contribution is -2.29. The molecular weight excluding hydrogens is 289 g/mol. The zero-order valence-electron chi connectivity index (χ0n) is 9.37. The van der Waals surface area contributed by atoms with E-state index in [9.17, 15) is 4.79 Å². The van der Waals surface area contributed by atoms with Gasteiger partial charge in [0, 0.05) is 0 Å². The van der Waals surface area contributed by atoms with Crippen LogP contribution in [0.2, 0.25) is 10.0 Å². The summed E-state index contributed by atoms with van der Waals surface area (Å²) in [6.07, 6.45) is 0. The Morgan fingerprint density at radius 3 is 2.26 bits per heavy atom. The van der Waals surface area contributed by atoms with E-state index >= 15 is 0 Å². The Labute approximate surface area is 119 Å². The number of para-hydroxylation sites is 1. The summed E-state index contributed by atoms with van der Waals surface area (Å²) in [5.74, 6) is 0. The summed E-state index contributed by atoms with van der Waals surface area (Å²) in [6.45, 7) is 0. The number of benzene rings is 1. The number of hydrogen-bond donors (Lipinski definition) is 3. The van der Waals surface area contributed by atoms with E-state index in [1.54, 1.807) is 18.2 Å². The lowest BCUT2D eigenvalue weighted by atomic mass is 10.3. The van der Waals surface area contributed by atoms with Crippen LogP contribution in [0, 0.1) is 22.7 Å². The Kier molecular flexibility index (Phi) is 5.01. The number of anilines is 1. The maximum Gasteiger partial charge on any atom is 0.324 e. The van der Waals surface area contributed by atoms with Gasteiger partial charge in [0.1, 0.15) is 17.8 Å². The van der Waals surface area contributed by atoms with Gasteiger partial charge < -0.3 is 11.1 Å². The second kappa shape index (κ2) is 6.50. The Morgan fingerprint density at radius 1 is 1.21 bits per heavy atom. The summed E-state index contributed by atoms with van der Waals surface area (Å²) in [5.41, 5.74) is 4.66. The number of allylic oxidation sites excluding steroid dienone is 2. The maximum atomic E-state index is 11.6. The van der Waals surface area contributed by atoms with Gasteiger partial charge in [0.2, 0.25) is 0 Å². The van der Waals surface area contributed by atoms with Crippen molar-refractivity contribution in [2.24, 2.45) is 5.73 Å². The van der Waals surface area contributed by atoms with Gasteiger partial charge in [-0.3, -0.25) is 5.32 Å². The van der Waals surface area contributed by atoms with Crippen LogP contribution in [-0.4, -0.2) is 6.03 Å². The van der Waals surface area contributed by atoms with Crippen molar-refractivity contribution in [3.05, 3.63) is 39.6 Å². The second-order valence-electron chi connectivity index (χ2n) is 3.19. The Hall–Kier alpha value is -2.41. The molecule has 0 aliphatic heterocycles. The van der Waals surface area contributed by atoms with Crippen molar-refractivity contribution in [1.82, 2.24) is 5.32 Å². The van der Waals surface area contributed by atoms with Crippen LogP contribution in [-0.2, 0) is 0 Å². The number of carbonyl (C=O) groups is 1. The highest BCUT2D eigenvalue weighted by Crippen LogP contribution is 2.29. The maximum absolute atomic E-state index is 11.6. The van der Waals surface area contributed by atoms with Crippen LogP contribution in [0.5, 0.6) is 0 Å². The third kappa shape index (κ3) is 3.78. The minimum atomic E-state index is -0.787. The molecule has 96 valence electrons. The van der Waals surface area contributed by atoms with Gasteiger partial charge in [0.05, 0.1) is 15.7 Å². The van der Waals surface area contributed by atoms with Crippen LogP contribution in [0.15, 0.2) is 29.6 Å². The van der Waals surface area contributed by atoms with Crippen molar-refractivity contribution >= 4 is 34.9 Å². The van der Waals surface area contributed by atoms with Crippen LogP contribution >= 0.6 is 23.2 Å². The molecule has 0 aliphatic carbocycles. The number of rotatable bonds is 2. The molecule has 0 fully saturated rings. The molecule has 0 unspecified atom stereocenters. The molecule has 0 aliphatic rings. The molecule has 1 aromatic carbocycles. The summed E-state index contributed by atoms with van der Waals surface area (Å²) in [6, 6.07) is 7.04. The molecule has 6 nitrogen and oxygen atoms in total. The molecule has 1 rings (SSSR count). The van der Waals surface area contributed by atoms with Crippen LogP contribution in [0.4, 0.5) is 10.5 Å². The highest BCUT2D eigenvalue weighted by molar-refractivity contribution is 6.39. The molecule has 0 atom stereocenters. The average Bonchev–Trinajstić information content (AvgIpc) is 2.39. The first kappa shape index (κ1) is 14.7. The standard InChI is InChI=1S/C11H7Cl2N5O/c12-6-2-1-3-7(13)10(6)18-11(19)17-9(5-15)8(16)4-14/h1-3H,16H2,(H2,17,18,19)/b9-8-. The predicted octanol–water partition coefficient (Wildman–Crippen LogP) is 2.33. The van der Waals surface area contributed by atoms with Gasteiger partial charge in [-0.05, 0) is 12.1 Å². The molecular formula is C11H7Cl2N5O. The molecule has 4 N–H and O–H groups in total. The average molecular weight is 296 g/mol. The molecule has 0 spiro atoms. The monoisotopic (exact) mass is 295 g/mol. The number of nitrogens with two attached hydrogens (primary N) is 1. The van der Waals surface area contributed by atoms with E-state index in [1.807, 2.05) is 0 Å². The molecule has 0 heterocycles. The number of carbonyl (C=O) groups excluding carboxylic acids is 1. The topological polar surface area (TPSA) is 115 Å². The smallest absolute Gasteiger partial charge is 0.324 e. The van der Waals surface area contributed by atoms with Gasteiger partial charge in [0.25, 0.3) is 0 Å². The summed E-state index contributed by atoms with van der Waals surface area (Å²) < 4.78 is 0. The Bertz CT molecular complexity index is 607. The van der Waals surface area contributed by atoms with E-state index in [1.165, 1.54) is 12.1 Å². The molecule has 1 aromatic rings. The van der Waals surface area contributed by atoms with Crippen molar-refractivity contribution in [1.29, 1.82) is 10.5 Å². The minimum Gasteiger partial charge on any atom is -0.388 e. The number of urea groups is 1. The molecule has 0 saturated carbocycles. The minimum absolute atomic E-state index is 0.191. The van der Waals surface area contributed by atoms with Gasteiger partial charge in [0.15, 0.2) is 5.70 Å². The predicted molar refractivity (Wildman–Crippen MR) is 71.1 cm³/mol. The first-order valence-electron chi connectivity index (χ1n) is 4.81. The largest absolute Gasteiger partial charge is 0.388 e. The molecule has 0 bridgehead atoms. The first-order chi connectivity index (χ1) is 8.99. The van der Waals surface area contributed by atoms with Crippen LogP contribution in [0.25, 0.3) is 0 Å². The van der Waals surface area contributed by atoms with Crippen LogP contribution in [0.1, 0.15) is 0 Å². The Morgan fingerprint density at radius 2 is 1.79 bits per heavy atom. The van der Waals surface area contributed by atoms with Gasteiger partial charge in [-0.25, -0.2) is 4.79 Å². The van der Waals surface area contributed by atoms with E-state index < -0.39 is 11.7 Å². The van der Waals surface area contributed by atoms with Crippen molar-refractivity contribution in [3.63, 3.8) is 0 Å². The number of amides is 2. The first-order valence-corrected chi connectivity index (χ1v) is 5.57. The van der Waals surface area contributed by atoms with E-state index in [2.05, 4.69) is 10.6 Å². The quantitative estimate of drug-likeness (QED) is 0.726.